The summed E-state index contributed by atoms with van der Waals surface area (Å²) in [5, 5.41) is 0. The van der Waals surface area contributed by atoms with Crippen LogP contribution in [0.5, 0.6) is 5.75 Å². The number of hydrogen-bond acceptors (Lipinski definition) is 1. The standard InChI is InChI=1S/C12H15FO/c1-8-6-9(2)12(13)11(7-8)14-10-4-3-5-10/h6-7,10H,3-5H2,1-2H3. The van der Waals surface area contributed by atoms with Crippen LogP contribution in [-0.2, 0) is 0 Å². The average Bonchev–Trinajstić information content (AvgIpc) is 2.05. The van der Waals surface area contributed by atoms with Gasteiger partial charge in [0.1, 0.15) is 0 Å². The summed E-state index contributed by atoms with van der Waals surface area (Å²) in [6, 6.07) is 3.61. The quantitative estimate of drug-likeness (QED) is 0.701. The molecule has 0 aliphatic heterocycles. The van der Waals surface area contributed by atoms with Gasteiger partial charge in [0.05, 0.1) is 6.10 Å². The van der Waals surface area contributed by atoms with Crippen molar-refractivity contribution in [3.05, 3.63) is 29.1 Å². The third-order valence-corrected chi connectivity index (χ3v) is 2.71. The molecule has 1 nitrogen and oxygen atoms in total. The predicted octanol–water partition coefficient (Wildman–Crippen LogP) is 3.37. The zero-order valence-electron chi connectivity index (χ0n) is 8.64. The van der Waals surface area contributed by atoms with Crippen LogP contribution in [0.25, 0.3) is 0 Å². The van der Waals surface area contributed by atoms with Crippen LogP contribution in [0.3, 0.4) is 0 Å². The van der Waals surface area contributed by atoms with Crippen LogP contribution < -0.4 is 4.74 Å². The largest absolute Gasteiger partial charge is 0.487 e. The molecular weight excluding hydrogens is 179 g/mol. The Kier molecular flexibility index (Phi) is 2.44. The van der Waals surface area contributed by atoms with Gasteiger partial charge in [-0.15, -0.1) is 0 Å². The highest BCUT2D eigenvalue weighted by molar-refractivity contribution is 5.35. The highest BCUT2D eigenvalue weighted by Gasteiger charge is 2.21. The highest BCUT2D eigenvalue weighted by atomic mass is 19.1. The van der Waals surface area contributed by atoms with Crippen molar-refractivity contribution < 1.29 is 9.13 Å². The summed E-state index contributed by atoms with van der Waals surface area (Å²) in [5.41, 5.74) is 1.72. The van der Waals surface area contributed by atoms with Crippen molar-refractivity contribution in [3.63, 3.8) is 0 Å². The van der Waals surface area contributed by atoms with Crippen molar-refractivity contribution in [2.45, 2.75) is 39.2 Å². The minimum absolute atomic E-state index is 0.206. The molecule has 2 heteroatoms. The molecule has 1 aromatic carbocycles. The minimum atomic E-state index is -0.206. The molecule has 14 heavy (non-hydrogen) atoms. The molecule has 0 aromatic heterocycles. The molecular formula is C12H15FO. The predicted molar refractivity (Wildman–Crippen MR) is 54.1 cm³/mol. The fraction of sp³-hybridized carbons (Fsp3) is 0.500. The first kappa shape index (κ1) is 9.50. The monoisotopic (exact) mass is 194 g/mol. The van der Waals surface area contributed by atoms with Crippen LogP contribution in [0.4, 0.5) is 4.39 Å². The molecule has 1 fully saturated rings. The van der Waals surface area contributed by atoms with Crippen molar-refractivity contribution >= 4 is 0 Å². The van der Waals surface area contributed by atoms with Gasteiger partial charge in [-0.1, -0.05) is 6.07 Å². The lowest BCUT2D eigenvalue weighted by molar-refractivity contribution is 0.115. The molecule has 1 aromatic rings. The van der Waals surface area contributed by atoms with Gasteiger partial charge in [-0.05, 0) is 50.3 Å². The van der Waals surface area contributed by atoms with E-state index in [2.05, 4.69) is 0 Å². The van der Waals surface area contributed by atoms with Crippen LogP contribution in [0.1, 0.15) is 30.4 Å². The zero-order valence-corrected chi connectivity index (χ0v) is 8.64. The number of ether oxygens (including phenoxy) is 1. The maximum atomic E-state index is 13.6. The summed E-state index contributed by atoms with van der Waals surface area (Å²) < 4.78 is 19.1. The van der Waals surface area contributed by atoms with E-state index < -0.39 is 0 Å². The summed E-state index contributed by atoms with van der Waals surface area (Å²) in [5.74, 6) is 0.217. The molecule has 0 radical (unpaired) electrons. The number of rotatable bonds is 2. The first-order valence-corrected chi connectivity index (χ1v) is 5.10. The summed E-state index contributed by atoms with van der Waals surface area (Å²) in [7, 11) is 0. The molecule has 1 aliphatic carbocycles. The molecule has 76 valence electrons. The Balaban J connectivity index is 2.22. The smallest absolute Gasteiger partial charge is 0.167 e. The van der Waals surface area contributed by atoms with E-state index in [1.165, 1.54) is 6.42 Å². The van der Waals surface area contributed by atoms with Gasteiger partial charge in [0.15, 0.2) is 11.6 Å². The summed E-state index contributed by atoms with van der Waals surface area (Å²) in [4.78, 5) is 0. The topological polar surface area (TPSA) is 9.23 Å². The molecule has 1 aliphatic rings. The lowest BCUT2D eigenvalue weighted by Crippen LogP contribution is -2.25. The molecule has 0 atom stereocenters. The normalized spacial score (nSPS) is 16.5. The minimum Gasteiger partial charge on any atom is -0.487 e. The third kappa shape index (κ3) is 1.74. The Morgan fingerprint density at radius 2 is 2.00 bits per heavy atom. The molecule has 1 saturated carbocycles. The van der Waals surface area contributed by atoms with E-state index in [4.69, 9.17) is 4.74 Å². The van der Waals surface area contributed by atoms with Crippen LogP contribution in [0.15, 0.2) is 12.1 Å². The lowest BCUT2D eigenvalue weighted by Gasteiger charge is -2.26. The summed E-state index contributed by atoms with van der Waals surface area (Å²) in [6.07, 6.45) is 3.57. The molecule has 0 N–H and O–H groups in total. The highest BCUT2D eigenvalue weighted by Crippen LogP contribution is 2.29. The van der Waals surface area contributed by atoms with Crippen molar-refractivity contribution in [2.24, 2.45) is 0 Å². The molecule has 0 amide bonds. The Hall–Kier alpha value is -1.05. The van der Waals surface area contributed by atoms with E-state index in [1.807, 2.05) is 13.0 Å². The van der Waals surface area contributed by atoms with E-state index >= 15 is 0 Å². The van der Waals surface area contributed by atoms with Crippen LogP contribution in [-0.4, -0.2) is 6.10 Å². The van der Waals surface area contributed by atoms with Gasteiger partial charge < -0.3 is 4.74 Å². The van der Waals surface area contributed by atoms with Crippen molar-refractivity contribution in [1.82, 2.24) is 0 Å². The molecule has 0 bridgehead atoms. The number of benzene rings is 1. The Morgan fingerprint density at radius 3 is 2.57 bits per heavy atom. The van der Waals surface area contributed by atoms with E-state index in [1.54, 1.807) is 13.0 Å². The molecule has 0 spiro atoms. The summed E-state index contributed by atoms with van der Waals surface area (Å²) in [6.45, 7) is 3.73. The van der Waals surface area contributed by atoms with Crippen LogP contribution in [0, 0.1) is 19.7 Å². The van der Waals surface area contributed by atoms with Gasteiger partial charge in [0.2, 0.25) is 0 Å². The van der Waals surface area contributed by atoms with Crippen LogP contribution in [0.2, 0.25) is 0 Å². The summed E-state index contributed by atoms with van der Waals surface area (Å²) >= 11 is 0. The maximum absolute atomic E-state index is 13.6. The van der Waals surface area contributed by atoms with E-state index in [0.717, 1.165) is 18.4 Å². The number of hydrogen-bond donors (Lipinski definition) is 0. The number of halogens is 1. The Bertz CT molecular complexity index is 342. The lowest BCUT2D eigenvalue weighted by atomic mass is 9.96. The maximum Gasteiger partial charge on any atom is 0.167 e. The molecule has 2 rings (SSSR count). The van der Waals surface area contributed by atoms with Gasteiger partial charge in [0, 0.05) is 0 Å². The SMILES string of the molecule is Cc1cc(C)c(F)c(OC2CCC2)c1. The average molecular weight is 194 g/mol. The van der Waals surface area contributed by atoms with Crippen molar-refractivity contribution in [1.29, 1.82) is 0 Å². The fourth-order valence-corrected chi connectivity index (χ4v) is 1.66. The molecule has 0 heterocycles. The van der Waals surface area contributed by atoms with Gasteiger partial charge in [0.25, 0.3) is 0 Å². The Morgan fingerprint density at radius 1 is 1.29 bits per heavy atom. The second-order valence-electron chi connectivity index (χ2n) is 4.06. The molecule has 0 unspecified atom stereocenters. The van der Waals surface area contributed by atoms with Gasteiger partial charge in [-0.25, -0.2) is 4.39 Å². The number of aryl methyl sites for hydroxylation is 2. The van der Waals surface area contributed by atoms with Gasteiger partial charge in [-0.3, -0.25) is 0 Å². The second kappa shape index (κ2) is 3.60. The first-order valence-electron chi connectivity index (χ1n) is 5.10. The van der Waals surface area contributed by atoms with Crippen molar-refractivity contribution in [3.8, 4) is 5.75 Å². The fourth-order valence-electron chi connectivity index (χ4n) is 1.66. The van der Waals surface area contributed by atoms with Gasteiger partial charge in [-0.2, -0.15) is 0 Å². The molecule has 0 saturated heterocycles. The van der Waals surface area contributed by atoms with E-state index in [0.29, 0.717) is 11.3 Å². The van der Waals surface area contributed by atoms with Gasteiger partial charge >= 0.3 is 0 Å². The first-order chi connectivity index (χ1) is 6.66. The van der Waals surface area contributed by atoms with E-state index in [-0.39, 0.29) is 11.9 Å². The second-order valence-corrected chi connectivity index (χ2v) is 4.06. The third-order valence-electron chi connectivity index (χ3n) is 2.71. The van der Waals surface area contributed by atoms with Crippen LogP contribution >= 0.6 is 0 Å². The zero-order chi connectivity index (χ0) is 10.1. The Labute approximate surface area is 83.9 Å². The van der Waals surface area contributed by atoms with E-state index in [9.17, 15) is 4.39 Å². The van der Waals surface area contributed by atoms with Crippen molar-refractivity contribution in [2.75, 3.05) is 0 Å².